The van der Waals surface area contributed by atoms with Crippen molar-refractivity contribution in [1.29, 1.82) is 0 Å². The Morgan fingerprint density at radius 1 is 1.46 bits per heavy atom. The third-order valence-corrected chi connectivity index (χ3v) is 2.46. The number of hydrogen-bond donors (Lipinski definition) is 4. The minimum absolute atomic E-state index is 0.402. The van der Waals surface area contributed by atoms with Gasteiger partial charge in [-0.15, -0.1) is 0 Å². The zero-order chi connectivity index (χ0) is 9.68. The van der Waals surface area contributed by atoms with Crippen LogP contribution in [0.15, 0.2) is 0 Å². The van der Waals surface area contributed by atoms with E-state index >= 15 is 0 Å². The van der Waals surface area contributed by atoms with Gasteiger partial charge in [0.05, 0.1) is 0 Å². The van der Waals surface area contributed by atoms with Crippen molar-refractivity contribution in [1.82, 2.24) is 21.4 Å². The largest absolute Gasteiger partial charge is 0.300 e. The van der Waals surface area contributed by atoms with Crippen LogP contribution in [0.25, 0.3) is 0 Å². The van der Waals surface area contributed by atoms with Crippen molar-refractivity contribution in [2.24, 2.45) is 11.8 Å². The molecule has 1 aliphatic heterocycles. The highest BCUT2D eigenvalue weighted by Crippen LogP contribution is 2.13. The molecule has 1 fully saturated rings. The van der Waals surface area contributed by atoms with Crippen molar-refractivity contribution in [3.63, 3.8) is 0 Å². The first-order valence-corrected chi connectivity index (χ1v) is 4.90. The Morgan fingerprint density at radius 2 is 2.08 bits per heavy atom. The summed E-state index contributed by atoms with van der Waals surface area (Å²) in [7, 11) is 0. The highest BCUT2D eigenvalue weighted by atomic mass is 32.1. The molecule has 76 valence electrons. The molecule has 6 heteroatoms. The van der Waals surface area contributed by atoms with E-state index in [1.807, 2.05) is 0 Å². The van der Waals surface area contributed by atoms with E-state index in [0.29, 0.717) is 5.11 Å². The van der Waals surface area contributed by atoms with Crippen LogP contribution < -0.4 is 22.2 Å². The van der Waals surface area contributed by atoms with Crippen molar-refractivity contribution >= 4 is 17.3 Å². The van der Waals surface area contributed by atoms with Crippen LogP contribution in [0, 0.1) is 5.92 Å². The summed E-state index contributed by atoms with van der Waals surface area (Å²) in [5.74, 6) is 5.93. The Morgan fingerprint density at radius 3 is 2.62 bits per heavy atom. The molecule has 0 amide bonds. The van der Waals surface area contributed by atoms with Gasteiger partial charge in [0.15, 0.2) is 5.11 Å². The van der Waals surface area contributed by atoms with Gasteiger partial charge in [-0.1, -0.05) is 6.92 Å². The fraction of sp³-hybridized carbons (Fsp3) is 0.857. The van der Waals surface area contributed by atoms with Crippen LogP contribution in [0.2, 0.25) is 0 Å². The molecule has 1 saturated heterocycles. The average Bonchev–Trinajstić information content (AvgIpc) is 2.16. The predicted molar refractivity (Wildman–Crippen MR) is 56.2 cm³/mol. The maximum atomic E-state index is 5.10. The molecule has 13 heavy (non-hydrogen) atoms. The molecular formula is C7H17N5S. The van der Waals surface area contributed by atoms with E-state index in [0.717, 1.165) is 19.0 Å². The van der Waals surface area contributed by atoms with Gasteiger partial charge >= 0.3 is 0 Å². The standard InChI is InChI=1S/C7H17N5S/c1-6-2-4-12(5-3-6)11-10-7(13)9-8/h6,11H,2-5,8H2,1H3,(H2,9,10,13). The van der Waals surface area contributed by atoms with E-state index in [-0.39, 0.29) is 0 Å². The second kappa shape index (κ2) is 5.33. The first kappa shape index (κ1) is 10.6. The quantitative estimate of drug-likeness (QED) is 0.275. The van der Waals surface area contributed by atoms with Gasteiger partial charge in [0, 0.05) is 13.1 Å². The van der Waals surface area contributed by atoms with Crippen LogP contribution in [-0.2, 0) is 0 Å². The zero-order valence-electron chi connectivity index (χ0n) is 7.84. The lowest BCUT2D eigenvalue weighted by atomic mass is 10.0. The normalized spacial score (nSPS) is 19.8. The molecule has 1 rings (SSSR count). The summed E-state index contributed by atoms with van der Waals surface area (Å²) in [6.07, 6.45) is 2.44. The molecule has 0 aromatic rings. The number of nitrogens with zero attached hydrogens (tertiary/aromatic N) is 1. The van der Waals surface area contributed by atoms with Crippen LogP contribution in [0.4, 0.5) is 0 Å². The topological polar surface area (TPSA) is 65.3 Å². The highest BCUT2D eigenvalue weighted by molar-refractivity contribution is 7.80. The number of nitrogens with two attached hydrogens (primary N) is 1. The van der Waals surface area contributed by atoms with Crippen molar-refractivity contribution in [2.75, 3.05) is 13.1 Å². The maximum absolute atomic E-state index is 5.10. The van der Waals surface area contributed by atoms with E-state index in [4.69, 9.17) is 18.1 Å². The third-order valence-electron chi connectivity index (χ3n) is 2.24. The Balaban J connectivity index is 2.12. The summed E-state index contributed by atoms with van der Waals surface area (Å²) in [5, 5.41) is 2.50. The molecule has 0 atom stereocenters. The number of nitrogens with one attached hydrogen (secondary N) is 3. The molecule has 5 nitrogen and oxygen atoms in total. The molecule has 0 saturated carbocycles. The molecule has 0 radical (unpaired) electrons. The average molecular weight is 203 g/mol. The van der Waals surface area contributed by atoms with Gasteiger partial charge in [-0.3, -0.25) is 10.9 Å². The lowest BCUT2D eigenvalue weighted by Crippen LogP contribution is -2.55. The molecule has 0 unspecified atom stereocenters. The molecule has 5 N–H and O–H groups in total. The molecule has 1 heterocycles. The summed E-state index contributed by atoms with van der Waals surface area (Å²) in [6, 6.07) is 0. The lowest BCUT2D eigenvalue weighted by molar-refractivity contribution is 0.117. The lowest BCUT2D eigenvalue weighted by Gasteiger charge is -2.30. The highest BCUT2D eigenvalue weighted by Gasteiger charge is 2.14. The minimum atomic E-state index is 0.402. The number of thiocarbonyl (C=S) groups is 1. The molecular weight excluding hydrogens is 186 g/mol. The third kappa shape index (κ3) is 3.86. The Labute approximate surface area is 83.9 Å². The van der Waals surface area contributed by atoms with Gasteiger partial charge in [-0.25, -0.2) is 10.9 Å². The molecule has 1 aliphatic rings. The van der Waals surface area contributed by atoms with Crippen LogP contribution in [0.1, 0.15) is 19.8 Å². The summed E-state index contributed by atoms with van der Waals surface area (Å²) >= 11 is 4.81. The monoisotopic (exact) mass is 203 g/mol. The SMILES string of the molecule is CC1CCN(NNC(=S)NN)CC1. The maximum Gasteiger partial charge on any atom is 0.196 e. The van der Waals surface area contributed by atoms with Crippen molar-refractivity contribution in [3.8, 4) is 0 Å². The molecule has 0 spiro atoms. The first-order valence-electron chi connectivity index (χ1n) is 4.49. The van der Waals surface area contributed by atoms with Crippen LogP contribution >= 0.6 is 12.2 Å². The van der Waals surface area contributed by atoms with E-state index in [2.05, 4.69) is 28.3 Å². The van der Waals surface area contributed by atoms with Gasteiger partial charge in [0.1, 0.15) is 0 Å². The first-order chi connectivity index (χ1) is 6.22. The van der Waals surface area contributed by atoms with Crippen LogP contribution in [-0.4, -0.2) is 23.2 Å². The minimum Gasteiger partial charge on any atom is -0.300 e. The zero-order valence-corrected chi connectivity index (χ0v) is 8.66. The second-order valence-corrected chi connectivity index (χ2v) is 3.79. The Bertz CT molecular complexity index is 166. The summed E-state index contributed by atoms with van der Waals surface area (Å²) < 4.78 is 0. The summed E-state index contributed by atoms with van der Waals surface area (Å²) in [5.41, 5.74) is 8.13. The fourth-order valence-electron chi connectivity index (χ4n) is 1.29. The number of piperidine rings is 1. The predicted octanol–water partition coefficient (Wildman–Crippen LogP) is -0.524. The van der Waals surface area contributed by atoms with Gasteiger partial charge in [-0.05, 0) is 31.0 Å². The summed E-state index contributed by atoms with van der Waals surface area (Å²) in [6.45, 7) is 4.36. The summed E-state index contributed by atoms with van der Waals surface area (Å²) in [4.78, 5) is 0. The van der Waals surface area contributed by atoms with Crippen LogP contribution in [0.5, 0.6) is 0 Å². The van der Waals surface area contributed by atoms with Crippen LogP contribution in [0.3, 0.4) is 0 Å². The Hall–Kier alpha value is -0.430. The molecule has 0 aromatic heterocycles. The van der Waals surface area contributed by atoms with E-state index in [1.165, 1.54) is 12.8 Å². The van der Waals surface area contributed by atoms with E-state index < -0.39 is 0 Å². The van der Waals surface area contributed by atoms with Gasteiger partial charge < -0.3 is 0 Å². The van der Waals surface area contributed by atoms with Gasteiger partial charge in [0.2, 0.25) is 0 Å². The second-order valence-electron chi connectivity index (χ2n) is 3.38. The van der Waals surface area contributed by atoms with E-state index in [1.54, 1.807) is 0 Å². The van der Waals surface area contributed by atoms with E-state index in [9.17, 15) is 0 Å². The molecule has 0 bridgehead atoms. The number of hydrogen-bond acceptors (Lipinski definition) is 4. The van der Waals surface area contributed by atoms with Crippen molar-refractivity contribution in [3.05, 3.63) is 0 Å². The van der Waals surface area contributed by atoms with Crippen molar-refractivity contribution in [2.45, 2.75) is 19.8 Å². The van der Waals surface area contributed by atoms with Crippen molar-refractivity contribution < 1.29 is 0 Å². The molecule has 0 aliphatic carbocycles. The van der Waals surface area contributed by atoms with Gasteiger partial charge in [0.25, 0.3) is 0 Å². The number of hydrazine groups is 3. The smallest absolute Gasteiger partial charge is 0.196 e. The molecule has 0 aromatic carbocycles. The van der Waals surface area contributed by atoms with Gasteiger partial charge in [-0.2, -0.15) is 5.53 Å². The number of rotatable bonds is 2. The Kier molecular flexibility index (Phi) is 4.37. The fourth-order valence-corrected chi connectivity index (χ4v) is 1.33.